The summed E-state index contributed by atoms with van der Waals surface area (Å²) in [6.07, 6.45) is 1.00. The fraction of sp³-hybridized carbons (Fsp3) is 0.500. The summed E-state index contributed by atoms with van der Waals surface area (Å²) in [7, 11) is 1.62. The van der Waals surface area contributed by atoms with Crippen molar-refractivity contribution in [3.8, 4) is 5.75 Å². The molecule has 4 nitrogen and oxygen atoms in total. The monoisotopic (exact) mass is 248 g/mol. The number of amides is 1. The molecule has 1 heterocycles. The lowest BCUT2D eigenvalue weighted by molar-refractivity contribution is 0.0704. The molecule has 1 unspecified atom stereocenters. The van der Waals surface area contributed by atoms with Crippen molar-refractivity contribution in [3.05, 3.63) is 29.8 Å². The van der Waals surface area contributed by atoms with E-state index in [9.17, 15) is 4.79 Å². The van der Waals surface area contributed by atoms with Gasteiger partial charge in [-0.2, -0.15) is 0 Å². The van der Waals surface area contributed by atoms with Crippen LogP contribution in [-0.2, 0) is 0 Å². The first-order valence-corrected chi connectivity index (χ1v) is 6.38. The molecule has 2 rings (SSSR count). The molecule has 1 atom stereocenters. The Bertz CT molecular complexity index is 403. The van der Waals surface area contributed by atoms with E-state index in [1.165, 1.54) is 0 Å². The van der Waals surface area contributed by atoms with Crippen molar-refractivity contribution in [1.82, 2.24) is 10.2 Å². The zero-order chi connectivity index (χ0) is 13.0. The van der Waals surface area contributed by atoms with E-state index < -0.39 is 0 Å². The predicted octanol–water partition coefficient (Wildman–Crippen LogP) is 1.52. The molecule has 1 fully saturated rings. The molecule has 0 saturated carbocycles. The maximum absolute atomic E-state index is 12.4. The highest BCUT2D eigenvalue weighted by molar-refractivity contribution is 5.94. The van der Waals surface area contributed by atoms with E-state index in [-0.39, 0.29) is 11.9 Å². The molecule has 0 spiro atoms. The molecule has 0 aliphatic carbocycles. The van der Waals surface area contributed by atoms with Crippen LogP contribution in [0.1, 0.15) is 23.7 Å². The van der Waals surface area contributed by atoms with Crippen LogP contribution in [0.3, 0.4) is 0 Å². The van der Waals surface area contributed by atoms with Crippen LogP contribution >= 0.6 is 0 Å². The van der Waals surface area contributed by atoms with E-state index in [4.69, 9.17) is 4.74 Å². The maximum Gasteiger partial charge on any atom is 0.254 e. The molecule has 1 aliphatic heterocycles. The second-order valence-electron chi connectivity index (χ2n) is 4.61. The van der Waals surface area contributed by atoms with E-state index in [0.717, 1.165) is 37.4 Å². The van der Waals surface area contributed by atoms with Crippen molar-refractivity contribution in [2.24, 2.45) is 0 Å². The maximum atomic E-state index is 12.4. The lowest BCUT2D eigenvalue weighted by Crippen LogP contribution is -2.39. The molecule has 4 heteroatoms. The number of benzene rings is 1. The van der Waals surface area contributed by atoms with Crippen LogP contribution in [0.4, 0.5) is 0 Å². The third-order valence-electron chi connectivity index (χ3n) is 3.40. The van der Waals surface area contributed by atoms with Gasteiger partial charge >= 0.3 is 0 Å². The van der Waals surface area contributed by atoms with Crippen LogP contribution in [-0.4, -0.2) is 43.6 Å². The number of methoxy groups -OCH3 is 1. The first-order valence-electron chi connectivity index (χ1n) is 6.38. The van der Waals surface area contributed by atoms with Gasteiger partial charge in [0.25, 0.3) is 5.91 Å². The minimum Gasteiger partial charge on any atom is -0.497 e. The van der Waals surface area contributed by atoms with Crippen molar-refractivity contribution >= 4 is 5.91 Å². The summed E-state index contributed by atoms with van der Waals surface area (Å²) < 4.78 is 5.10. The van der Waals surface area contributed by atoms with E-state index in [1.807, 2.05) is 29.2 Å². The van der Waals surface area contributed by atoms with Gasteiger partial charge in [0.2, 0.25) is 0 Å². The molecule has 18 heavy (non-hydrogen) atoms. The van der Waals surface area contributed by atoms with Crippen molar-refractivity contribution in [2.75, 3.05) is 26.7 Å². The van der Waals surface area contributed by atoms with Gasteiger partial charge in [-0.25, -0.2) is 0 Å². The molecule has 1 N–H and O–H groups in total. The fourth-order valence-corrected chi connectivity index (χ4v) is 2.21. The van der Waals surface area contributed by atoms with Crippen LogP contribution < -0.4 is 10.1 Å². The van der Waals surface area contributed by atoms with Crippen LogP contribution in [0.25, 0.3) is 0 Å². The summed E-state index contributed by atoms with van der Waals surface area (Å²) in [5.41, 5.74) is 0.726. The minimum atomic E-state index is 0.105. The van der Waals surface area contributed by atoms with Gasteiger partial charge in [-0.15, -0.1) is 0 Å². The number of nitrogens with zero attached hydrogens (tertiary/aromatic N) is 1. The first kappa shape index (κ1) is 12.9. The predicted molar refractivity (Wildman–Crippen MR) is 71.0 cm³/mol. The lowest BCUT2D eigenvalue weighted by Gasteiger charge is -2.26. The van der Waals surface area contributed by atoms with Crippen molar-refractivity contribution in [1.29, 1.82) is 0 Å². The Kier molecular flexibility index (Phi) is 4.20. The highest BCUT2D eigenvalue weighted by Gasteiger charge is 2.22. The van der Waals surface area contributed by atoms with Gasteiger partial charge in [-0.3, -0.25) is 4.79 Å². The normalized spacial score (nSPS) is 20.3. The van der Waals surface area contributed by atoms with Crippen LogP contribution in [0.15, 0.2) is 24.3 Å². The van der Waals surface area contributed by atoms with Gasteiger partial charge in [0.1, 0.15) is 5.75 Å². The topological polar surface area (TPSA) is 41.6 Å². The van der Waals surface area contributed by atoms with Gasteiger partial charge in [-0.05, 0) is 44.2 Å². The van der Waals surface area contributed by atoms with Crippen molar-refractivity contribution in [3.63, 3.8) is 0 Å². The quantitative estimate of drug-likeness (QED) is 0.862. The Balaban J connectivity index is 2.13. The molecule has 1 aromatic rings. The van der Waals surface area contributed by atoms with E-state index in [1.54, 1.807) is 7.11 Å². The molecule has 1 aliphatic rings. The number of carbonyl (C=O) groups is 1. The molecule has 1 saturated heterocycles. The average Bonchev–Trinajstić information content (AvgIpc) is 2.63. The number of hydrogen-bond acceptors (Lipinski definition) is 3. The van der Waals surface area contributed by atoms with Crippen LogP contribution in [0.5, 0.6) is 5.75 Å². The van der Waals surface area contributed by atoms with E-state index in [2.05, 4.69) is 12.2 Å². The van der Waals surface area contributed by atoms with E-state index in [0.29, 0.717) is 0 Å². The number of carbonyl (C=O) groups excluding carboxylic acids is 1. The average molecular weight is 248 g/mol. The summed E-state index contributed by atoms with van der Waals surface area (Å²) in [5, 5.41) is 3.32. The Labute approximate surface area is 108 Å². The van der Waals surface area contributed by atoms with Crippen molar-refractivity contribution in [2.45, 2.75) is 19.4 Å². The highest BCUT2D eigenvalue weighted by Crippen LogP contribution is 2.15. The Morgan fingerprint density at radius 1 is 1.33 bits per heavy atom. The third kappa shape index (κ3) is 2.82. The second-order valence-corrected chi connectivity index (χ2v) is 4.61. The summed E-state index contributed by atoms with van der Waals surface area (Å²) in [6.45, 7) is 4.72. The van der Waals surface area contributed by atoms with Gasteiger partial charge < -0.3 is 15.0 Å². The van der Waals surface area contributed by atoms with E-state index >= 15 is 0 Å². The zero-order valence-electron chi connectivity index (χ0n) is 11.0. The second kappa shape index (κ2) is 5.87. The smallest absolute Gasteiger partial charge is 0.254 e. The Hall–Kier alpha value is -1.55. The Morgan fingerprint density at radius 2 is 2.06 bits per heavy atom. The Morgan fingerprint density at radius 3 is 2.72 bits per heavy atom. The highest BCUT2D eigenvalue weighted by atomic mass is 16.5. The van der Waals surface area contributed by atoms with Crippen LogP contribution in [0.2, 0.25) is 0 Å². The molecule has 98 valence electrons. The molecular weight excluding hydrogens is 228 g/mol. The van der Waals surface area contributed by atoms with Gasteiger partial charge in [0, 0.05) is 24.7 Å². The third-order valence-corrected chi connectivity index (χ3v) is 3.40. The first-order chi connectivity index (χ1) is 8.72. The lowest BCUT2D eigenvalue weighted by atomic mass is 10.1. The number of rotatable bonds is 2. The molecule has 1 amide bonds. The molecular formula is C14H20N2O2. The van der Waals surface area contributed by atoms with Crippen LogP contribution in [0, 0.1) is 0 Å². The molecule has 1 aromatic carbocycles. The number of ether oxygens (including phenoxy) is 1. The minimum absolute atomic E-state index is 0.105. The standard InChI is InChI=1S/C14H20N2O2/c1-11-7-8-15-9-10-16(11)14(17)12-3-5-13(18-2)6-4-12/h3-6,11,15H,7-10H2,1-2H3. The van der Waals surface area contributed by atoms with Gasteiger partial charge in [-0.1, -0.05) is 0 Å². The van der Waals surface area contributed by atoms with Crippen molar-refractivity contribution < 1.29 is 9.53 Å². The number of hydrogen-bond donors (Lipinski definition) is 1. The fourth-order valence-electron chi connectivity index (χ4n) is 2.21. The summed E-state index contributed by atoms with van der Waals surface area (Å²) >= 11 is 0. The molecule has 0 radical (unpaired) electrons. The summed E-state index contributed by atoms with van der Waals surface area (Å²) in [5.74, 6) is 0.881. The van der Waals surface area contributed by atoms with Gasteiger partial charge in [0.15, 0.2) is 0 Å². The molecule has 0 bridgehead atoms. The largest absolute Gasteiger partial charge is 0.497 e. The summed E-state index contributed by atoms with van der Waals surface area (Å²) in [4.78, 5) is 14.4. The van der Waals surface area contributed by atoms with Gasteiger partial charge in [0.05, 0.1) is 7.11 Å². The summed E-state index contributed by atoms with van der Waals surface area (Å²) in [6, 6.07) is 7.59. The number of nitrogens with one attached hydrogen (secondary N) is 1. The SMILES string of the molecule is COc1ccc(C(=O)N2CCNCCC2C)cc1. The zero-order valence-corrected chi connectivity index (χ0v) is 11.0. The molecule has 0 aromatic heterocycles.